The number of amides is 1. The highest BCUT2D eigenvalue weighted by atomic mass is 16.3. The summed E-state index contributed by atoms with van der Waals surface area (Å²) in [5.74, 6) is 0.389. The van der Waals surface area contributed by atoms with Crippen LogP contribution in [0.25, 0.3) is 0 Å². The molecule has 4 heteroatoms. The van der Waals surface area contributed by atoms with Gasteiger partial charge in [0.05, 0.1) is 5.92 Å². The molecule has 1 aromatic carbocycles. The second kappa shape index (κ2) is 5.94. The molecule has 0 spiro atoms. The van der Waals surface area contributed by atoms with Crippen LogP contribution in [0.15, 0.2) is 24.3 Å². The Labute approximate surface area is 119 Å². The SMILES string of the molecule is O=C(C1CNCc2ccccc21)N1CCCC(CO)C1. The van der Waals surface area contributed by atoms with E-state index in [0.29, 0.717) is 6.54 Å². The van der Waals surface area contributed by atoms with Gasteiger partial charge in [-0.25, -0.2) is 0 Å². The first-order valence-electron chi connectivity index (χ1n) is 7.47. The minimum atomic E-state index is -0.0719. The molecule has 1 fully saturated rings. The van der Waals surface area contributed by atoms with E-state index >= 15 is 0 Å². The molecule has 1 aromatic rings. The predicted octanol–water partition coefficient (Wildman–Crippen LogP) is 1.10. The number of nitrogens with one attached hydrogen (secondary N) is 1. The number of nitrogens with zero attached hydrogens (tertiary/aromatic N) is 1. The summed E-state index contributed by atoms with van der Waals surface area (Å²) in [6, 6.07) is 8.20. The first kappa shape index (κ1) is 13.6. The van der Waals surface area contributed by atoms with Gasteiger partial charge in [0.1, 0.15) is 0 Å². The van der Waals surface area contributed by atoms with Gasteiger partial charge in [-0.15, -0.1) is 0 Å². The summed E-state index contributed by atoms with van der Waals surface area (Å²) < 4.78 is 0. The number of carbonyl (C=O) groups excluding carboxylic acids is 1. The molecule has 0 bridgehead atoms. The standard InChI is InChI=1S/C16H22N2O2/c19-11-12-4-3-7-18(10-12)16(20)15-9-17-8-13-5-1-2-6-14(13)15/h1-2,5-6,12,15,17,19H,3-4,7-11H2. The molecule has 1 saturated heterocycles. The fourth-order valence-electron chi connectivity index (χ4n) is 3.35. The van der Waals surface area contributed by atoms with Crippen molar-refractivity contribution in [3.63, 3.8) is 0 Å². The van der Waals surface area contributed by atoms with E-state index in [9.17, 15) is 9.90 Å². The summed E-state index contributed by atoms with van der Waals surface area (Å²) in [5.41, 5.74) is 2.40. The molecule has 0 aliphatic carbocycles. The molecule has 20 heavy (non-hydrogen) atoms. The van der Waals surface area contributed by atoms with Crippen molar-refractivity contribution in [3.8, 4) is 0 Å². The van der Waals surface area contributed by atoms with Crippen LogP contribution in [0, 0.1) is 5.92 Å². The number of rotatable bonds is 2. The molecule has 2 atom stereocenters. The molecule has 3 rings (SSSR count). The highest BCUT2D eigenvalue weighted by molar-refractivity contribution is 5.85. The van der Waals surface area contributed by atoms with Gasteiger partial charge in [0.15, 0.2) is 0 Å². The molecule has 2 aliphatic rings. The van der Waals surface area contributed by atoms with Crippen molar-refractivity contribution in [3.05, 3.63) is 35.4 Å². The average Bonchev–Trinajstić information content (AvgIpc) is 2.53. The third kappa shape index (κ3) is 2.58. The van der Waals surface area contributed by atoms with Crippen LogP contribution >= 0.6 is 0 Å². The monoisotopic (exact) mass is 274 g/mol. The van der Waals surface area contributed by atoms with E-state index in [1.807, 2.05) is 17.0 Å². The van der Waals surface area contributed by atoms with E-state index in [0.717, 1.165) is 32.5 Å². The van der Waals surface area contributed by atoms with Crippen molar-refractivity contribution < 1.29 is 9.90 Å². The normalized spacial score (nSPS) is 26.1. The smallest absolute Gasteiger partial charge is 0.231 e. The fraction of sp³-hybridized carbons (Fsp3) is 0.562. The summed E-state index contributed by atoms with van der Waals surface area (Å²) in [6.45, 7) is 3.28. The lowest BCUT2D eigenvalue weighted by atomic mass is 9.88. The Bertz CT molecular complexity index is 489. The lowest BCUT2D eigenvalue weighted by Gasteiger charge is -2.36. The van der Waals surface area contributed by atoms with E-state index in [4.69, 9.17) is 0 Å². The molecule has 0 saturated carbocycles. The van der Waals surface area contributed by atoms with E-state index in [-0.39, 0.29) is 24.3 Å². The first-order chi connectivity index (χ1) is 9.79. The quantitative estimate of drug-likeness (QED) is 0.849. The maximum absolute atomic E-state index is 12.8. The van der Waals surface area contributed by atoms with Gasteiger partial charge in [0, 0.05) is 32.8 Å². The number of aliphatic hydroxyl groups is 1. The van der Waals surface area contributed by atoms with Crippen molar-refractivity contribution >= 4 is 5.91 Å². The highest BCUT2D eigenvalue weighted by Crippen LogP contribution is 2.27. The van der Waals surface area contributed by atoms with E-state index in [1.54, 1.807) is 0 Å². The maximum Gasteiger partial charge on any atom is 0.231 e. The van der Waals surface area contributed by atoms with Crippen LogP contribution in [0.3, 0.4) is 0 Å². The van der Waals surface area contributed by atoms with Crippen LogP contribution in [0.4, 0.5) is 0 Å². The number of likely N-dealkylation sites (tertiary alicyclic amines) is 1. The Morgan fingerprint density at radius 3 is 3.10 bits per heavy atom. The van der Waals surface area contributed by atoms with Crippen LogP contribution in [0.1, 0.15) is 29.9 Å². The number of hydrogen-bond donors (Lipinski definition) is 2. The summed E-state index contributed by atoms with van der Waals surface area (Å²) in [6.07, 6.45) is 2.03. The zero-order valence-electron chi connectivity index (χ0n) is 11.7. The second-order valence-electron chi connectivity index (χ2n) is 5.86. The number of benzene rings is 1. The molecule has 2 heterocycles. The zero-order valence-corrected chi connectivity index (χ0v) is 11.7. The fourth-order valence-corrected chi connectivity index (χ4v) is 3.35. The van der Waals surface area contributed by atoms with Crippen LogP contribution in [0.2, 0.25) is 0 Å². The first-order valence-corrected chi connectivity index (χ1v) is 7.47. The average molecular weight is 274 g/mol. The number of carbonyl (C=O) groups is 1. The Morgan fingerprint density at radius 2 is 2.25 bits per heavy atom. The van der Waals surface area contributed by atoms with Crippen LogP contribution in [-0.2, 0) is 11.3 Å². The predicted molar refractivity (Wildman–Crippen MR) is 77.3 cm³/mol. The van der Waals surface area contributed by atoms with Gasteiger partial charge in [-0.05, 0) is 29.9 Å². The van der Waals surface area contributed by atoms with Crippen LogP contribution < -0.4 is 5.32 Å². The van der Waals surface area contributed by atoms with Crippen molar-refractivity contribution in [1.82, 2.24) is 10.2 Å². The summed E-state index contributed by atoms with van der Waals surface area (Å²) in [4.78, 5) is 14.7. The van der Waals surface area contributed by atoms with Gasteiger partial charge in [-0.3, -0.25) is 4.79 Å². The third-order valence-electron chi connectivity index (χ3n) is 4.48. The highest BCUT2D eigenvalue weighted by Gasteiger charge is 2.32. The molecule has 4 nitrogen and oxygen atoms in total. The van der Waals surface area contributed by atoms with Crippen LogP contribution in [0.5, 0.6) is 0 Å². The molecule has 2 N–H and O–H groups in total. The minimum absolute atomic E-state index is 0.0719. The molecule has 2 aliphatic heterocycles. The van der Waals surface area contributed by atoms with Crippen molar-refractivity contribution in [1.29, 1.82) is 0 Å². The van der Waals surface area contributed by atoms with Gasteiger partial charge < -0.3 is 15.3 Å². The summed E-state index contributed by atoms with van der Waals surface area (Å²) >= 11 is 0. The lowest BCUT2D eigenvalue weighted by Crippen LogP contribution is -2.46. The largest absolute Gasteiger partial charge is 0.396 e. The maximum atomic E-state index is 12.8. The van der Waals surface area contributed by atoms with E-state index in [1.165, 1.54) is 11.1 Å². The molecule has 108 valence electrons. The molecular weight excluding hydrogens is 252 g/mol. The Hall–Kier alpha value is -1.39. The third-order valence-corrected chi connectivity index (χ3v) is 4.48. The molecule has 2 unspecified atom stereocenters. The molecule has 1 amide bonds. The van der Waals surface area contributed by atoms with Gasteiger partial charge >= 0.3 is 0 Å². The Balaban J connectivity index is 1.78. The van der Waals surface area contributed by atoms with Crippen LogP contribution in [-0.4, -0.2) is 42.2 Å². The van der Waals surface area contributed by atoms with Crippen molar-refractivity contribution in [2.24, 2.45) is 5.92 Å². The molecule has 0 aromatic heterocycles. The van der Waals surface area contributed by atoms with Gasteiger partial charge in [0.2, 0.25) is 5.91 Å². The van der Waals surface area contributed by atoms with Gasteiger partial charge in [0.25, 0.3) is 0 Å². The van der Waals surface area contributed by atoms with Gasteiger partial charge in [-0.2, -0.15) is 0 Å². The lowest BCUT2D eigenvalue weighted by molar-refractivity contribution is -0.135. The number of aliphatic hydroxyl groups excluding tert-OH is 1. The number of piperidine rings is 1. The van der Waals surface area contributed by atoms with Gasteiger partial charge in [-0.1, -0.05) is 24.3 Å². The summed E-state index contributed by atoms with van der Waals surface area (Å²) in [7, 11) is 0. The second-order valence-corrected chi connectivity index (χ2v) is 5.86. The van der Waals surface area contributed by atoms with Crippen molar-refractivity contribution in [2.45, 2.75) is 25.3 Å². The minimum Gasteiger partial charge on any atom is -0.396 e. The van der Waals surface area contributed by atoms with E-state index < -0.39 is 0 Å². The Kier molecular flexibility index (Phi) is 4.03. The van der Waals surface area contributed by atoms with Crippen molar-refractivity contribution in [2.75, 3.05) is 26.2 Å². The molecular formula is C16H22N2O2. The Morgan fingerprint density at radius 1 is 1.40 bits per heavy atom. The number of hydrogen-bond acceptors (Lipinski definition) is 3. The molecule has 0 radical (unpaired) electrons. The zero-order chi connectivity index (χ0) is 13.9. The topological polar surface area (TPSA) is 52.6 Å². The number of fused-ring (bicyclic) bond motifs is 1. The summed E-state index contributed by atoms with van der Waals surface area (Å²) in [5, 5.41) is 12.6. The van der Waals surface area contributed by atoms with E-state index in [2.05, 4.69) is 17.4 Å².